The summed E-state index contributed by atoms with van der Waals surface area (Å²) in [7, 11) is 0. The zero-order valence-corrected chi connectivity index (χ0v) is 18.4. The highest BCUT2D eigenvalue weighted by Crippen LogP contribution is 2.56. The van der Waals surface area contributed by atoms with Gasteiger partial charge in [0.15, 0.2) is 0 Å². The summed E-state index contributed by atoms with van der Waals surface area (Å²) in [5.74, 6) is -0.237. The fourth-order valence-corrected chi connectivity index (χ4v) is 5.72. The van der Waals surface area contributed by atoms with Gasteiger partial charge in [0.1, 0.15) is 11.0 Å². The lowest BCUT2D eigenvalue weighted by atomic mass is 9.66. The Balaban J connectivity index is 1.74. The Kier molecular flexibility index (Phi) is 3.70. The van der Waals surface area contributed by atoms with E-state index in [1.54, 1.807) is 6.07 Å². The number of rotatable bonds is 1. The maximum atomic E-state index is 14.1. The molecule has 1 spiro atoms. The van der Waals surface area contributed by atoms with Crippen LogP contribution in [0.2, 0.25) is 0 Å². The summed E-state index contributed by atoms with van der Waals surface area (Å²) in [5.41, 5.74) is 3.80. The van der Waals surface area contributed by atoms with E-state index < -0.39 is 11.0 Å². The molecule has 4 aromatic carbocycles. The quantitative estimate of drug-likeness (QED) is 0.318. The number of carbonyl (C=O) groups excluding carboxylic acids is 1. The summed E-state index contributed by atoms with van der Waals surface area (Å²) >= 11 is 0. The SMILES string of the molecule is CCc1ccc2c(c1)C1(C(=O)Nc3ccc4ccccc4c31)c1c(c3ccccc3oc1=O)N2. The molecule has 0 saturated carbocycles. The average Bonchev–Trinajstić information content (AvgIpc) is 3.16. The fourth-order valence-electron chi connectivity index (χ4n) is 5.72. The first-order chi connectivity index (χ1) is 16.6. The third kappa shape index (κ3) is 2.23. The number of para-hydroxylation sites is 1. The van der Waals surface area contributed by atoms with Gasteiger partial charge in [0, 0.05) is 27.9 Å². The number of anilines is 3. The molecule has 5 nitrogen and oxygen atoms in total. The molecule has 0 saturated heterocycles. The van der Waals surface area contributed by atoms with E-state index in [1.807, 2.05) is 60.7 Å². The van der Waals surface area contributed by atoms with Gasteiger partial charge in [-0.2, -0.15) is 0 Å². The van der Waals surface area contributed by atoms with Crippen molar-refractivity contribution in [3.8, 4) is 0 Å². The van der Waals surface area contributed by atoms with Crippen LogP contribution in [-0.4, -0.2) is 5.91 Å². The molecule has 0 aliphatic carbocycles. The van der Waals surface area contributed by atoms with Crippen molar-refractivity contribution in [1.29, 1.82) is 0 Å². The summed E-state index contributed by atoms with van der Waals surface area (Å²) in [5, 5.41) is 9.30. The first kappa shape index (κ1) is 19.1. The second-order valence-electron chi connectivity index (χ2n) is 8.91. The standard InChI is InChI=1S/C29H20N2O3/c1-2-16-11-13-21-20(15-16)29(25-26(30-21)19-9-5-6-10-23(19)34-27(25)32)24-18-8-4-3-7-17(18)12-14-22(24)31-28(29)33/h3-15,30H,2H2,1H3,(H,31,33). The third-order valence-corrected chi connectivity index (χ3v) is 7.24. The first-order valence-electron chi connectivity index (χ1n) is 11.4. The Labute approximate surface area is 195 Å². The molecule has 0 bridgehead atoms. The summed E-state index contributed by atoms with van der Waals surface area (Å²) in [4.78, 5) is 27.9. The topological polar surface area (TPSA) is 71.3 Å². The zero-order valence-electron chi connectivity index (χ0n) is 18.4. The van der Waals surface area contributed by atoms with Gasteiger partial charge in [0.2, 0.25) is 5.91 Å². The summed E-state index contributed by atoms with van der Waals surface area (Å²) in [6, 6.07) is 25.5. The van der Waals surface area contributed by atoms with E-state index in [0.717, 1.165) is 50.6 Å². The van der Waals surface area contributed by atoms with Crippen LogP contribution in [0.15, 0.2) is 88.1 Å². The number of hydrogen-bond acceptors (Lipinski definition) is 4. The predicted octanol–water partition coefficient (Wildman–Crippen LogP) is 5.85. The minimum atomic E-state index is -1.33. The average molecular weight is 444 g/mol. The number of benzene rings is 4. The van der Waals surface area contributed by atoms with Gasteiger partial charge in [-0.1, -0.05) is 61.5 Å². The molecule has 2 aliphatic heterocycles. The van der Waals surface area contributed by atoms with Crippen LogP contribution in [0.5, 0.6) is 0 Å². The van der Waals surface area contributed by atoms with Gasteiger partial charge in [0.25, 0.3) is 0 Å². The van der Waals surface area contributed by atoms with Crippen LogP contribution in [0.25, 0.3) is 21.7 Å². The molecular formula is C29H20N2O3. The van der Waals surface area contributed by atoms with E-state index in [1.165, 1.54) is 0 Å². The number of hydrogen-bond donors (Lipinski definition) is 2. The Hall–Kier alpha value is -4.38. The maximum Gasteiger partial charge on any atom is 0.343 e. The number of fused-ring (bicyclic) bond motifs is 10. The Morgan fingerprint density at radius 2 is 1.56 bits per heavy atom. The lowest BCUT2D eigenvalue weighted by Gasteiger charge is -2.37. The van der Waals surface area contributed by atoms with Crippen LogP contribution in [0.1, 0.15) is 29.2 Å². The largest absolute Gasteiger partial charge is 0.422 e. The Bertz CT molecular complexity index is 1750. The number of nitrogens with one attached hydrogen (secondary N) is 2. The van der Waals surface area contributed by atoms with E-state index in [9.17, 15) is 9.59 Å². The van der Waals surface area contributed by atoms with Gasteiger partial charge < -0.3 is 15.1 Å². The molecule has 0 radical (unpaired) electrons. The zero-order chi connectivity index (χ0) is 23.0. The number of aryl methyl sites for hydroxylation is 1. The van der Waals surface area contributed by atoms with Crippen molar-refractivity contribution in [3.05, 3.63) is 112 Å². The molecule has 1 amide bonds. The molecule has 5 heteroatoms. The van der Waals surface area contributed by atoms with Crippen LogP contribution >= 0.6 is 0 Å². The molecular weight excluding hydrogens is 424 g/mol. The molecule has 7 rings (SSSR count). The predicted molar refractivity (Wildman–Crippen MR) is 134 cm³/mol. The lowest BCUT2D eigenvalue weighted by Crippen LogP contribution is -2.44. The maximum absolute atomic E-state index is 14.1. The van der Waals surface area contributed by atoms with E-state index in [4.69, 9.17) is 4.42 Å². The molecule has 1 unspecified atom stereocenters. The summed E-state index contributed by atoms with van der Waals surface area (Å²) in [6.45, 7) is 2.08. The number of carbonyl (C=O) groups is 1. The second kappa shape index (κ2) is 6.58. The molecule has 164 valence electrons. The molecule has 3 heterocycles. The van der Waals surface area contributed by atoms with E-state index >= 15 is 0 Å². The van der Waals surface area contributed by atoms with Crippen molar-refractivity contribution in [1.82, 2.24) is 0 Å². The third-order valence-electron chi connectivity index (χ3n) is 7.24. The lowest BCUT2D eigenvalue weighted by molar-refractivity contribution is -0.118. The van der Waals surface area contributed by atoms with Gasteiger partial charge >= 0.3 is 5.63 Å². The van der Waals surface area contributed by atoms with E-state index in [-0.39, 0.29) is 5.91 Å². The smallest absolute Gasteiger partial charge is 0.343 e. The van der Waals surface area contributed by atoms with Crippen LogP contribution in [-0.2, 0) is 16.6 Å². The summed E-state index contributed by atoms with van der Waals surface area (Å²) < 4.78 is 5.82. The Morgan fingerprint density at radius 3 is 2.41 bits per heavy atom. The minimum Gasteiger partial charge on any atom is -0.422 e. The molecule has 2 N–H and O–H groups in total. The molecule has 0 fully saturated rings. The second-order valence-corrected chi connectivity index (χ2v) is 8.91. The van der Waals surface area contributed by atoms with Crippen LogP contribution in [0, 0.1) is 0 Å². The highest BCUT2D eigenvalue weighted by Gasteiger charge is 2.57. The van der Waals surface area contributed by atoms with Crippen LogP contribution < -0.4 is 16.3 Å². The van der Waals surface area contributed by atoms with Crippen molar-refractivity contribution in [3.63, 3.8) is 0 Å². The van der Waals surface area contributed by atoms with E-state index in [2.05, 4.69) is 29.7 Å². The highest BCUT2D eigenvalue weighted by molar-refractivity contribution is 6.19. The normalized spacial score (nSPS) is 17.9. The Morgan fingerprint density at radius 1 is 0.794 bits per heavy atom. The van der Waals surface area contributed by atoms with Crippen molar-refractivity contribution >= 4 is 44.7 Å². The molecule has 2 aliphatic rings. The monoisotopic (exact) mass is 444 g/mol. The molecule has 34 heavy (non-hydrogen) atoms. The van der Waals surface area contributed by atoms with Gasteiger partial charge in [-0.25, -0.2) is 4.79 Å². The summed E-state index contributed by atoms with van der Waals surface area (Å²) in [6.07, 6.45) is 0.812. The first-order valence-corrected chi connectivity index (χ1v) is 11.4. The van der Waals surface area contributed by atoms with Gasteiger partial charge in [-0.15, -0.1) is 0 Å². The van der Waals surface area contributed by atoms with Crippen molar-refractivity contribution in [2.45, 2.75) is 18.8 Å². The van der Waals surface area contributed by atoms with Gasteiger partial charge in [0.05, 0.1) is 11.3 Å². The van der Waals surface area contributed by atoms with Crippen molar-refractivity contribution in [2.75, 3.05) is 10.6 Å². The van der Waals surface area contributed by atoms with Gasteiger partial charge in [-0.05, 0) is 47.0 Å². The minimum absolute atomic E-state index is 0.237. The molecule has 5 aromatic rings. The number of amides is 1. The molecule has 1 aromatic heterocycles. The van der Waals surface area contributed by atoms with Gasteiger partial charge in [-0.3, -0.25) is 4.79 Å². The van der Waals surface area contributed by atoms with Crippen LogP contribution in [0.4, 0.5) is 17.1 Å². The molecule has 1 atom stereocenters. The van der Waals surface area contributed by atoms with Crippen molar-refractivity contribution in [2.24, 2.45) is 0 Å². The highest BCUT2D eigenvalue weighted by atomic mass is 16.4. The fraction of sp³-hybridized carbons (Fsp3) is 0.103. The van der Waals surface area contributed by atoms with E-state index in [0.29, 0.717) is 16.8 Å². The van der Waals surface area contributed by atoms with Crippen LogP contribution in [0.3, 0.4) is 0 Å². The van der Waals surface area contributed by atoms with Crippen molar-refractivity contribution < 1.29 is 9.21 Å².